The van der Waals surface area contributed by atoms with Gasteiger partial charge in [0.1, 0.15) is 19.5 Å². The van der Waals surface area contributed by atoms with E-state index in [1.54, 1.807) is 30.6 Å². The summed E-state index contributed by atoms with van der Waals surface area (Å²) in [5.74, 6) is 1.43. The maximum Gasteiger partial charge on any atom is 0.316 e. The Morgan fingerprint density at radius 1 is 1.03 bits per heavy atom. The Hall–Kier alpha value is -3.23. The molecule has 1 fully saturated rings. The molecule has 5 rings (SSSR count). The molecule has 1 aromatic carbocycles. The first-order valence-electron chi connectivity index (χ1n) is 11.2. The third kappa shape index (κ3) is 5.60. The van der Waals surface area contributed by atoms with Gasteiger partial charge in [0.15, 0.2) is 17.3 Å². The van der Waals surface area contributed by atoms with Gasteiger partial charge in [-0.15, -0.1) is 0 Å². The number of halogens is 1. The number of ether oxygens (including phenoxy) is 4. The maximum absolute atomic E-state index is 13.2. The molecule has 0 spiro atoms. The zero-order valence-electron chi connectivity index (χ0n) is 19.0. The van der Waals surface area contributed by atoms with Crippen LogP contribution in [0.5, 0.6) is 23.4 Å². The van der Waals surface area contributed by atoms with Gasteiger partial charge in [-0.1, -0.05) is 6.07 Å². The summed E-state index contributed by atoms with van der Waals surface area (Å²) in [5, 5.41) is 2.65. The second-order valence-corrected chi connectivity index (χ2v) is 10.8. The molecule has 0 aliphatic carbocycles. The first kappa shape index (κ1) is 24.5. The van der Waals surface area contributed by atoms with Crippen molar-refractivity contribution in [3.05, 3.63) is 41.4 Å². The molecule has 0 amide bonds. The molecule has 3 aromatic rings. The van der Waals surface area contributed by atoms with Gasteiger partial charge in [-0.3, -0.25) is 4.72 Å². The molecule has 12 nitrogen and oxygen atoms in total. The Balaban J connectivity index is 1.40. The Morgan fingerprint density at radius 2 is 1.78 bits per heavy atom. The zero-order chi connectivity index (χ0) is 25.0. The number of piperidine rings is 1. The van der Waals surface area contributed by atoms with Crippen LogP contribution in [-0.4, -0.2) is 66.7 Å². The fraction of sp³-hybridized carbons (Fsp3) is 0.364. The van der Waals surface area contributed by atoms with E-state index in [1.165, 1.54) is 6.33 Å². The van der Waals surface area contributed by atoms with Gasteiger partial charge in [0.25, 0.3) is 0 Å². The van der Waals surface area contributed by atoms with Crippen LogP contribution in [0.3, 0.4) is 0 Å². The minimum Gasteiger partial charge on any atom is -0.473 e. The number of nitrogens with zero attached hydrogens (tertiary/aromatic N) is 4. The molecule has 0 bridgehead atoms. The number of nitrogens with one attached hydrogen (secondary N) is 2. The van der Waals surface area contributed by atoms with Crippen LogP contribution >= 0.6 is 15.9 Å². The minimum absolute atomic E-state index is 0.106. The van der Waals surface area contributed by atoms with Crippen molar-refractivity contribution in [3.63, 3.8) is 0 Å². The van der Waals surface area contributed by atoms with E-state index in [9.17, 15) is 8.42 Å². The van der Waals surface area contributed by atoms with Crippen molar-refractivity contribution in [3.8, 4) is 34.5 Å². The maximum atomic E-state index is 13.2. The van der Waals surface area contributed by atoms with E-state index >= 15 is 0 Å². The predicted molar refractivity (Wildman–Crippen MR) is 133 cm³/mol. The van der Waals surface area contributed by atoms with Gasteiger partial charge in [0.05, 0.1) is 15.3 Å². The fourth-order valence-corrected chi connectivity index (χ4v) is 5.49. The van der Waals surface area contributed by atoms with Crippen LogP contribution in [0.15, 0.2) is 41.4 Å². The van der Waals surface area contributed by atoms with Crippen molar-refractivity contribution >= 4 is 31.8 Å². The number of benzene rings is 1. The van der Waals surface area contributed by atoms with Crippen LogP contribution in [0.1, 0.15) is 12.8 Å². The van der Waals surface area contributed by atoms with E-state index in [-0.39, 0.29) is 37.7 Å². The molecule has 1 saturated heterocycles. The Morgan fingerprint density at radius 3 is 2.58 bits per heavy atom. The number of hydrogen-bond donors (Lipinski definition) is 2. The second-order valence-electron chi connectivity index (χ2n) is 7.95. The third-order valence-electron chi connectivity index (χ3n) is 5.59. The summed E-state index contributed by atoms with van der Waals surface area (Å²) in [6.07, 6.45) is 5.43. The molecule has 36 heavy (non-hydrogen) atoms. The molecule has 190 valence electrons. The topological polar surface area (TPSA) is 147 Å². The fourth-order valence-electron chi connectivity index (χ4n) is 3.84. The molecule has 14 heteroatoms. The first-order chi connectivity index (χ1) is 17.5. The monoisotopic (exact) mass is 578 g/mol. The van der Waals surface area contributed by atoms with Crippen molar-refractivity contribution in [2.24, 2.45) is 0 Å². The normalized spacial score (nSPS) is 15.5. The van der Waals surface area contributed by atoms with Gasteiger partial charge in [-0.25, -0.2) is 28.4 Å². The standard InChI is InChI=1S/C22H23BrN6O6S/c23-15-10-25-22(26-11-15)33-8-7-32-21-19(14-1-2-17-18(9-14)35-13-34-17)20(27-12-28-21)29-36(30,31)16-3-5-24-6-4-16/h1-2,9-12,16,24H,3-8,13H2,(H,27,28,29). The van der Waals surface area contributed by atoms with Gasteiger partial charge >= 0.3 is 6.01 Å². The molecular weight excluding hydrogens is 556 g/mol. The average molecular weight is 579 g/mol. The summed E-state index contributed by atoms with van der Waals surface area (Å²) < 4.78 is 52.0. The lowest BCUT2D eigenvalue weighted by Gasteiger charge is -2.24. The first-order valence-corrected chi connectivity index (χ1v) is 13.5. The van der Waals surface area contributed by atoms with Crippen molar-refractivity contribution in [1.82, 2.24) is 25.3 Å². The Kier molecular flexibility index (Phi) is 7.34. The van der Waals surface area contributed by atoms with Gasteiger partial charge < -0.3 is 24.3 Å². The summed E-state index contributed by atoms with van der Waals surface area (Å²) >= 11 is 3.27. The molecular formula is C22H23BrN6O6S. The molecule has 2 aliphatic heterocycles. The molecule has 2 aliphatic rings. The molecule has 2 aromatic heterocycles. The van der Waals surface area contributed by atoms with E-state index in [4.69, 9.17) is 18.9 Å². The van der Waals surface area contributed by atoms with Crippen LogP contribution < -0.4 is 29.0 Å². The van der Waals surface area contributed by atoms with Crippen molar-refractivity contribution < 1.29 is 27.4 Å². The van der Waals surface area contributed by atoms with Gasteiger partial charge in [0.2, 0.25) is 22.7 Å². The van der Waals surface area contributed by atoms with Crippen molar-refractivity contribution in [2.45, 2.75) is 18.1 Å². The molecule has 2 N–H and O–H groups in total. The molecule has 0 saturated carbocycles. The van der Waals surface area contributed by atoms with E-state index < -0.39 is 15.3 Å². The third-order valence-corrected chi connectivity index (χ3v) is 7.82. The van der Waals surface area contributed by atoms with E-state index in [2.05, 4.69) is 45.9 Å². The lowest BCUT2D eigenvalue weighted by atomic mass is 10.1. The molecule has 0 atom stereocenters. The summed E-state index contributed by atoms with van der Waals surface area (Å²) in [5.41, 5.74) is 0.989. The minimum atomic E-state index is -3.70. The Labute approximate surface area is 216 Å². The predicted octanol–water partition coefficient (Wildman–Crippen LogP) is 2.38. The number of sulfonamides is 1. The van der Waals surface area contributed by atoms with Crippen LogP contribution in [0, 0.1) is 0 Å². The largest absolute Gasteiger partial charge is 0.473 e. The molecule has 4 heterocycles. The van der Waals surface area contributed by atoms with Gasteiger partial charge in [-0.05, 0) is 59.6 Å². The summed E-state index contributed by atoms with van der Waals surface area (Å²) in [6, 6.07) is 5.46. The van der Waals surface area contributed by atoms with Crippen LogP contribution in [0.2, 0.25) is 0 Å². The number of rotatable bonds is 9. The highest BCUT2D eigenvalue weighted by atomic mass is 79.9. The molecule has 0 radical (unpaired) electrons. The lowest BCUT2D eigenvalue weighted by molar-refractivity contribution is 0.174. The summed E-state index contributed by atoms with van der Waals surface area (Å²) in [6.45, 7) is 1.64. The van der Waals surface area contributed by atoms with Crippen molar-refractivity contribution in [1.29, 1.82) is 0 Å². The number of hydrogen-bond acceptors (Lipinski definition) is 11. The highest BCUT2D eigenvalue weighted by Crippen LogP contribution is 2.41. The molecule has 0 unspecified atom stereocenters. The summed E-state index contributed by atoms with van der Waals surface area (Å²) in [7, 11) is -3.70. The van der Waals surface area contributed by atoms with Gasteiger partial charge in [0, 0.05) is 12.4 Å². The van der Waals surface area contributed by atoms with E-state index in [0.717, 1.165) is 4.47 Å². The smallest absolute Gasteiger partial charge is 0.316 e. The average Bonchev–Trinajstić information content (AvgIpc) is 3.36. The number of aromatic nitrogens is 4. The van der Waals surface area contributed by atoms with Crippen LogP contribution in [-0.2, 0) is 10.0 Å². The van der Waals surface area contributed by atoms with Crippen LogP contribution in [0.25, 0.3) is 11.1 Å². The number of fused-ring (bicyclic) bond motifs is 1. The number of anilines is 1. The quantitative estimate of drug-likeness (QED) is 0.360. The highest BCUT2D eigenvalue weighted by molar-refractivity contribution is 9.10. The van der Waals surface area contributed by atoms with Gasteiger partial charge in [-0.2, -0.15) is 0 Å². The van der Waals surface area contributed by atoms with Crippen molar-refractivity contribution in [2.75, 3.05) is 37.8 Å². The zero-order valence-corrected chi connectivity index (χ0v) is 21.4. The Bertz CT molecular complexity index is 1320. The van der Waals surface area contributed by atoms with E-state index in [0.29, 0.717) is 48.6 Å². The van der Waals surface area contributed by atoms with Crippen LogP contribution in [0.4, 0.5) is 5.82 Å². The second kappa shape index (κ2) is 10.8. The SMILES string of the molecule is O=S(=O)(Nc1ncnc(OCCOc2ncc(Br)cn2)c1-c1ccc2c(c1)OCO2)C1CCNCC1. The lowest BCUT2D eigenvalue weighted by Crippen LogP contribution is -2.38. The highest BCUT2D eigenvalue weighted by Gasteiger charge is 2.29. The van der Waals surface area contributed by atoms with E-state index in [1.807, 2.05) is 0 Å². The summed E-state index contributed by atoms with van der Waals surface area (Å²) in [4.78, 5) is 16.6.